The van der Waals surface area contributed by atoms with E-state index in [1.165, 1.54) is 0 Å². The zero-order valence-corrected chi connectivity index (χ0v) is 10.6. The number of aliphatic hydroxyl groups excluding tert-OH is 1. The highest BCUT2D eigenvalue weighted by Gasteiger charge is 2.11. The Morgan fingerprint density at radius 1 is 1.43 bits per heavy atom. The lowest BCUT2D eigenvalue weighted by atomic mass is 10.1. The van der Waals surface area contributed by atoms with Crippen LogP contribution in [0.1, 0.15) is 31.9 Å². The van der Waals surface area contributed by atoms with Crippen LogP contribution in [0.2, 0.25) is 0 Å². The highest BCUT2D eigenvalue weighted by molar-refractivity contribution is 14.1. The summed E-state index contributed by atoms with van der Waals surface area (Å²) in [5, 5.41) is 9.78. The lowest BCUT2D eigenvalue weighted by molar-refractivity contribution is 0.167. The Balaban J connectivity index is 3.02. The first-order chi connectivity index (χ1) is 6.69. The van der Waals surface area contributed by atoms with Crippen molar-refractivity contribution >= 4 is 22.6 Å². The molecule has 0 radical (unpaired) electrons. The summed E-state index contributed by atoms with van der Waals surface area (Å²) >= 11 is 2.23. The molecule has 0 saturated heterocycles. The normalized spacial score (nSPS) is 12.6. The van der Waals surface area contributed by atoms with Gasteiger partial charge in [-0.05, 0) is 54.1 Å². The van der Waals surface area contributed by atoms with Crippen molar-refractivity contribution in [3.63, 3.8) is 0 Å². The SMILES string of the molecule is CCOc1ccc(I)cc1C(O)CC. The zero-order valence-electron chi connectivity index (χ0n) is 8.46. The summed E-state index contributed by atoms with van der Waals surface area (Å²) in [6.07, 6.45) is 0.284. The monoisotopic (exact) mass is 306 g/mol. The number of rotatable bonds is 4. The molecule has 0 spiro atoms. The first-order valence-corrected chi connectivity index (χ1v) is 5.87. The summed E-state index contributed by atoms with van der Waals surface area (Å²) in [7, 11) is 0. The molecule has 0 aliphatic rings. The fourth-order valence-corrected chi connectivity index (χ4v) is 1.80. The highest BCUT2D eigenvalue weighted by Crippen LogP contribution is 2.28. The molecule has 2 nitrogen and oxygen atoms in total. The highest BCUT2D eigenvalue weighted by atomic mass is 127. The van der Waals surface area contributed by atoms with Gasteiger partial charge in [-0.25, -0.2) is 0 Å². The Hall–Kier alpha value is -0.290. The minimum Gasteiger partial charge on any atom is -0.493 e. The van der Waals surface area contributed by atoms with Crippen LogP contribution in [0.3, 0.4) is 0 Å². The molecule has 14 heavy (non-hydrogen) atoms. The lowest BCUT2D eigenvalue weighted by Crippen LogP contribution is -2.02. The van der Waals surface area contributed by atoms with Crippen molar-refractivity contribution < 1.29 is 9.84 Å². The van der Waals surface area contributed by atoms with Crippen molar-refractivity contribution in [2.24, 2.45) is 0 Å². The standard InChI is InChI=1S/C11H15IO2/c1-3-10(13)9-7-8(12)5-6-11(9)14-4-2/h5-7,10,13H,3-4H2,1-2H3. The second-order valence-corrected chi connectivity index (χ2v) is 4.28. The van der Waals surface area contributed by atoms with Crippen LogP contribution in [0.15, 0.2) is 18.2 Å². The first kappa shape index (κ1) is 11.8. The predicted octanol–water partition coefficient (Wildman–Crippen LogP) is 3.13. The van der Waals surface area contributed by atoms with E-state index in [4.69, 9.17) is 4.74 Å². The van der Waals surface area contributed by atoms with E-state index in [0.29, 0.717) is 13.0 Å². The molecule has 0 fully saturated rings. The average molecular weight is 306 g/mol. The topological polar surface area (TPSA) is 29.5 Å². The average Bonchev–Trinajstić information content (AvgIpc) is 2.20. The van der Waals surface area contributed by atoms with Crippen molar-refractivity contribution in [2.45, 2.75) is 26.4 Å². The molecular weight excluding hydrogens is 291 g/mol. The van der Waals surface area contributed by atoms with Crippen LogP contribution in [0.4, 0.5) is 0 Å². The van der Waals surface area contributed by atoms with Crippen LogP contribution >= 0.6 is 22.6 Å². The second kappa shape index (κ2) is 5.56. The van der Waals surface area contributed by atoms with Crippen molar-refractivity contribution in [1.29, 1.82) is 0 Å². The third-order valence-corrected chi connectivity index (χ3v) is 2.69. The van der Waals surface area contributed by atoms with Gasteiger partial charge in [0.25, 0.3) is 0 Å². The van der Waals surface area contributed by atoms with Crippen molar-refractivity contribution in [3.05, 3.63) is 27.3 Å². The molecule has 1 N–H and O–H groups in total. The van der Waals surface area contributed by atoms with Crippen molar-refractivity contribution in [2.75, 3.05) is 6.61 Å². The van der Waals surface area contributed by atoms with Gasteiger partial charge in [0.05, 0.1) is 12.7 Å². The molecule has 0 aliphatic carbocycles. The minimum atomic E-state index is -0.425. The summed E-state index contributed by atoms with van der Waals surface area (Å²) in [6, 6.07) is 5.87. The maximum atomic E-state index is 9.78. The maximum absolute atomic E-state index is 9.78. The molecule has 1 aromatic rings. The molecule has 78 valence electrons. The Morgan fingerprint density at radius 3 is 2.71 bits per heavy atom. The summed E-state index contributed by atoms with van der Waals surface area (Å²) in [5.41, 5.74) is 0.890. The minimum absolute atomic E-state index is 0.425. The lowest BCUT2D eigenvalue weighted by Gasteiger charge is -2.14. The Kier molecular flexibility index (Phi) is 4.68. The number of ether oxygens (including phenoxy) is 1. The van der Waals surface area contributed by atoms with E-state index >= 15 is 0 Å². The molecule has 0 saturated carbocycles. The van der Waals surface area contributed by atoms with Gasteiger partial charge < -0.3 is 9.84 Å². The summed E-state index contributed by atoms with van der Waals surface area (Å²) in [4.78, 5) is 0. The Morgan fingerprint density at radius 2 is 2.14 bits per heavy atom. The van der Waals surface area contributed by atoms with Gasteiger partial charge in [0, 0.05) is 9.13 Å². The van der Waals surface area contributed by atoms with E-state index in [2.05, 4.69) is 22.6 Å². The van der Waals surface area contributed by atoms with Gasteiger partial charge in [0.2, 0.25) is 0 Å². The van der Waals surface area contributed by atoms with E-state index < -0.39 is 6.10 Å². The quantitative estimate of drug-likeness (QED) is 0.866. The fourth-order valence-electron chi connectivity index (χ4n) is 1.29. The summed E-state index contributed by atoms with van der Waals surface area (Å²) in [6.45, 7) is 4.53. The number of benzene rings is 1. The van der Waals surface area contributed by atoms with Gasteiger partial charge in [-0.1, -0.05) is 6.92 Å². The number of hydrogen-bond donors (Lipinski definition) is 1. The van der Waals surface area contributed by atoms with Crippen molar-refractivity contribution in [3.8, 4) is 5.75 Å². The van der Waals surface area contributed by atoms with E-state index in [-0.39, 0.29) is 0 Å². The number of halogens is 1. The molecule has 1 aromatic carbocycles. The molecular formula is C11H15IO2. The molecule has 0 heterocycles. The van der Waals surface area contributed by atoms with Gasteiger partial charge >= 0.3 is 0 Å². The van der Waals surface area contributed by atoms with Gasteiger partial charge in [0.15, 0.2) is 0 Å². The van der Waals surface area contributed by atoms with Crippen LogP contribution < -0.4 is 4.74 Å². The third kappa shape index (κ3) is 2.85. The second-order valence-electron chi connectivity index (χ2n) is 3.04. The number of aliphatic hydroxyl groups is 1. The van der Waals surface area contributed by atoms with E-state index in [1.807, 2.05) is 32.0 Å². The third-order valence-electron chi connectivity index (χ3n) is 2.02. The van der Waals surface area contributed by atoms with Crippen LogP contribution in [-0.2, 0) is 0 Å². The summed E-state index contributed by atoms with van der Waals surface area (Å²) < 4.78 is 6.57. The first-order valence-electron chi connectivity index (χ1n) is 4.79. The van der Waals surface area contributed by atoms with Crippen LogP contribution in [0.25, 0.3) is 0 Å². The van der Waals surface area contributed by atoms with E-state index in [1.54, 1.807) is 0 Å². The predicted molar refractivity (Wildman–Crippen MR) is 65.6 cm³/mol. The molecule has 1 rings (SSSR count). The molecule has 1 unspecified atom stereocenters. The Labute approximate surface area is 98.4 Å². The molecule has 0 aliphatic heterocycles. The van der Waals surface area contributed by atoms with Gasteiger partial charge in [-0.15, -0.1) is 0 Å². The van der Waals surface area contributed by atoms with E-state index in [9.17, 15) is 5.11 Å². The van der Waals surface area contributed by atoms with Gasteiger partial charge in [-0.3, -0.25) is 0 Å². The number of hydrogen-bond acceptors (Lipinski definition) is 2. The van der Waals surface area contributed by atoms with Crippen LogP contribution in [0.5, 0.6) is 5.75 Å². The fraction of sp³-hybridized carbons (Fsp3) is 0.455. The zero-order chi connectivity index (χ0) is 10.6. The maximum Gasteiger partial charge on any atom is 0.125 e. The largest absolute Gasteiger partial charge is 0.493 e. The van der Waals surface area contributed by atoms with E-state index in [0.717, 1.165) is 14.9 Å². The van der Waals surface area contributed by atoms with Gasteiger partial charge in [0.1, 0.15) is 5.75 Å². The molecule has 1 atom stereocenters. The van der Waals surface area contributed by atoms with Gasteiger partial charge in [-0.2, -0.15) is 0 Å². The van der Waals surface area contributed by atoms with Crippen molar-refractivity contribution in [1.82, 2.24) is 0 Å². The van der Waals surface area contributed by atoms with Crippen LogP contribution in [0, 0.1) is 3.57 Å². The molecule has 0 aromatic heterocycles. The summed E-state index contributed by atoms with van der Waals surface area (Å²) in [5.74, 6) is 0.794. The smallest absolute Gasteiger partial charge is 0.125 e. The van der Waals surface area contributed by atoms with Crippen LogP contribution in [-0.4, -0.2) is 11.7 Å². The molecule has 0 bridgehead atoms. The molecule has 3 heteroatoms. The molecule has 0 amide bonds. The Bertz CT molecular complexity index is 299.